The van der Waals surface area contributed by atoms with Crippen molar-refractivity contribution < 1.29 is 33.4 Å². The van der Waals surface area contributed by atoms with Gasteiger partial charge in [0.2, 0.25) is 11.8 Å². The average molecular weight is 1070 g/mol. The molecule has 0 unspecified atom stereocenters. The maximum Gasteiger partial charge on any atom is 0.324 e. The van der Waals surface area contributed by atoms with E-state index < -0.39 is 47.2 Å². The number of esters is 1. The number of carbonyl (C=O) groups is 5. The van der Waals surface area contributed by atoms with Gasteiger partial charge >= 0.3 is 5.97 Å². The first-order valence-corrected chi connectivity index (χ1v) is 23.8. The Morgan fingerprint density at radius 2 is 1.74 bits per heavy atom. The van der Waals surface area contributed by atoms with Crippen molar-refractivity contribution in [2.24, 2.45) is 17.3 Å². The lowest BCUT2D eigenvalue weighted by Gasteiger charge is -2.37. The number of rotatable bonds is 10. The summed E-state index contributed by atoms with van der Waals surface area (Å²) in [5.41, 5.74) is 10.2. The van der Waals surface area contributed by atoms with Crippen LogP contribution in [0.4, 0.5) is 0 Å². The van der Waals surface area contributed by atoms with Gasteiger partial charge < -0.3 is 29.2 Å². The second-order valence-electron chi connectivity index (χ2n) is 19.7. The minimum Gasteiger partial charge on any atom is -0.464 e. The number of fused-ring (bicyclic) bond motifs is 6. The molecule has 72 heavy (non-hydrogen) atoms. The minimum absolute atomic E-state index is 0. The van der Waals surface area contributed by atoms with Crippen LogP contribution in [0.5, 0.6) is 0 Å². The summed E-state index contributed by atoms with van der Waals surface area (Å²) in [5.74, 6) is 2.69. The number of pyridine rings is 2. The van der Waals surface area contributed by atoms with Crippen molar-refractivity contribution in [3.8, 4) is 34.2 Å². The van der Waals surface area contributed by atoms with Crippen LogP contribution in [0, 0.1) is 29.1 Å². The summed E-state index contributed by atoms with van der Waals surface area (Å²) >= 11 is 0. The molecule has 2 saturated heterocycles. The number of amides is 4. The van der Waals surface area contributed by atoms with Crippen LogP contribution in [0.25, 0.3) is 33.3 Å². The number of benzene rings is 1. The van der Waals surface area contributed by atoms with Crippen LogP contribution in [0.3, 0.4) is 0 Å². The highest BCUT2D eigenvalue weighted by Crippen LogP contribution is 2.41. The van der Waals surface area contributed by atoms with E-state index in [9.17, 15) is 24.0 Å². The van der Waals surface area contributed by atoms with Crippen molar-refractivity contribution >= 4 is 94.5 Å². The predicted molar refractivity (Wildman–Crippen MR) is 301 cm³/mol. The molecule has 6 bridgehead atoms. The largest absolute Gasteiger partial charge is 0.464 e. The molecule has 2 N–H and O–H groups in total. The van der Waals surface area contributed by atoms with E-state index in [1.807, 2.05) is 57.2 Å². The highest BCUT2D eigenvalue weighted by molar-refractivity contribution is 7.59. The Morgan fingerprint density at radius 1 is 1.00 bits per heavy atom. The summed E-state index contributed by atoms with van der Waals surface area (Å²) < 4.78 is 14.1. The fraction of sp³-hybridized carbons (Fsp3) is 0.519. The molecule has 0 aliphatic carbocycles. The summed E-state index contributed by atoms with van der Waals surface area (Å²) in [4.78, 5) is 84.3. The highest BCUT2D eigenvalue weighted by atomic mass is 32.1. The number of hydrogen-bond acceptors (Lipinski definition) is 11. The Kier molecular flexibility index (Phi) is 23.1. The molecule has 1 aromatic carbocycles. The van der Waals surface area contributed by atoms with Crippen molar-refractivity contribution in [1.82, 2.24) is 45.0 Å². The summed E-state index contributed by atoms with van der Waals surface area (Å²) in [6.45, 7) is 12.6. The second kappa shape index (κ2) is 27.0. The zero-order valence-corrected chi connectivity index (χ0v) is 47.1. The topological polar surface area (TPSA) is 172 Å². The number of ether oxygens (including phenoxy) is 2. The second-order valence-corrected chi connectivity index (χ2v) is 19.7. The van der Waals surface area contributed by atoms with Gasteiger partial charge in [0.05, 0.1) is 31.4 Å². The van der Waals surface area contributed by atoms with E-state index >= 15 is 0 Å². The standard InChI is InChI=1S/C52H67N9O7.4H2S/c1-10-60-44-16-15-34-26-39(44)40(47(60)41-29-53-20-17-37(41)31-67-9)28-52(4,5)32-68-51(66)42-13-11-23-61(56-42)50(65)43(27-38-25-35(34)18-21-54-38)55-48(63)46(33(2)3)58(8)49(64)36-19-24-59(30-36)45(62)14-12-22-57(6)7;;;;/h15-18,20-21,25-26,29,33,36,42-43,46,56H,10-11,13,19,22-24,27-28,30-32H2,1-9H3,(H,55,63);4*1H2/t36-,42-,43-,46-;;;;/m0..../s1. The smallest absolute Gasteiger partial charge is 0.324 e. The third-order valence-corrected chi connectivity index (χ3v) is 13.2. The van der Waals surface area contributed by atoms with Crippen LogP contribution in [-0.2, 0) is 59.4 Å². The number of methoxy groups -OCH3 is 1. The number of aryl methyl sites for hydroxylation is 1. The zero-order valence-electron chi connectivity index (χ0n) is 43.1. The first-order chi connectivity index (χ1) is 32.5. The fourth-order valence-electron chi connectivity index (χ4n) is 9.82. The first-order valence-electron chi connectivity index (χ1n) is 23.8. The van der Waals surface area contributed by atoms with Crippen molar-refractivity contribution in [2.75, 3.05) is 61.0 Å². The summed E-state index contributed by atoms with van der Waals surface area (Å²) in [6.07, 6.45) is 7.44. The molecule has 0 radical (unpaired) electrons. The van der Waals surface area contributed by atoms with Gasteiger partial charge in [-0.1, -0.05) is 39.7 Å². The molecule has 4 atom stereocenters. The molecule has 16 nitrogen and oxygen atoms in total. The van der Waals surface area contributed by atoms with E-state index in [0.29, 0.717) is 64.2 Å². The molecule has 2 fully saturated rings. The number of carbonyl (C=O) groups excluding carboxylic acids is 5. The van der Waals surface area contributed by atoms with Crippen LogP contribution in [0.2, 0.25) is 0 Å². The quantitative estimate of drug-likeness (QED) is 0.163. The fourth-order valence-corrected chi connectivity index (χ4v) is 9.82. The first kappa shape index (κ1) is 61.5. The summed E-state index contributed by atoms with van der Waals surface area (Å²) in [7, 11) is 7.03. The SMILES string of the molecule is CCn1c(-c2cnccc2COC)c2c3cc(ccc31)-c1ccnc(c1)C[C@H](NC(=O)[C@H](C(C)C)N(C)C(=O)[C@H]1CCN(C(=O)C#CCN(C)C)C1)C(=O)N1CCC[C@H](N1)C(=O)OCC(C)(C)C2.S.S.S.S. The van der Waals surface area contributed by atoms with Gasteiger partial charge in [0.25, 0.3) is 11.8 Å². The Morgan fingerprint density at radius 3 is 2.43 bits per heavy atom. The van der Waals surface area contributed by atoms with E-state index in [4.69, 9.17) is 14.5 Å². The van der Waals surface area contributed by atoms with Crippen molar-refractivity contribution in [2.45, 2.75) is 98.0 Å². The lowest BCUT2D eigenvalue weighted by Crippen LogP contribution is -2.62. The molecule has 3 aliphatic rings. The molecule has 394 valence electrons. The van der Waals surface area contributed by atoms with Crippen LogP contribution < -0.4 is 10.7 Å². The van der Waals surface area contributed by atoms with E-state index in [1.165, 1.54) is 9.91 Å². The Hall–Kier alpha value is -4.75. The van der Waals surface area contributed by atoms with Gasteiger partial charge in [-0.25, -0.2) is 5.43 Å². The molecule has 20 heteroatoms. The van der Waals surface area contributed by atoms with Crippen molar-refractivity contribution in [3.63, 3.8) is 0 Å². The molecule has 4 amide bonds. The molecule has 3 aromatic heterocycles. The van der Waals surface area contributed by atoms with Crippen LogP contribution >= 0.6 is 54.0 Å². The van der Waals surface area contributed by atoms with E-state index in [-0.39, 0.29) is 91.3 Å². The summed E-state index contributed by atoms with van der Waals surface area (Å²) in [6, 6.07) is 9.45. The Balaban J connectivity index is 0.00000342. The van der Waals surface area contributed by atoms with Crippen molar-refractivity contribution in [1.29, 1.82) is 0 Å². The third kappa shape index (κ3) is 14.1. The van der Waals surface area contributed by atoms with Crippen LogP contribution in [0.1, 0.15) is 70.7 Å². The monoisotopic (exact) mass is 1070 g/mol. The zero-order chi connectivity index (χ0) is 48.9. The minimum atomic E-state index is -1.12. The van der Waals surface area contributed by atoms with Gasteiger partial charge in [-0.2, -0.15) is 54.0 Å². The van der Waals surface area contributed by atoms with Gasteiger partial charge in [-0.3, -0.25) is 43.8 Å². The van der Waals surface area contributed by atoms with Gasteiger partial charge in [0.15, 0.2) is 0 Å². The molecule has 7 rings (SSSR count). The van der Waals surface area contributed by atoms with Crippen molar-refractivity contribution in [3.05, 3.63) is 71.8 Å². The van der Waals surface area contributed by atoms with Crippen LogP contribution in [-0.4, -0.2) is 143 Å². The maximum atomic E-state index is 14.7. The van der Waals surface area contributed by atoms with E-state index in [2.05, 4.69) is 71.1 Å². The molecular formula is C52H75N9O7S4. The highest BCUT2D eigenvalue weighted by Gasteiger charge is 2.40. The Labute approximate surface area is 452 Å². The number of likely N-dealkylation sites (N-methyl/N-ethyl adjacent to an activating group) is 1. The number of hydrazine groups is 1. The Bertz CT molecular complexity index is 2620. The molecule has 0 saturated carbocycles. The molecule has 4 aromatic rings. The summed E-state index contributed by atoms with van der Waals surface area (Å²) in [5, 5.41) is 5.50. The molecule has 3 aliphatic heterocycles. The average Bonchev–Trinajstić information content (AvgIpc) is 3.93. The van der Waals surface area contributed by atoms with Gasteiger partial charge in [-0.15, -0.1) is 0 Å². The van der Waals surface area contributed by atoms with Gasteiger partial charge in [0, 0.05) is 92.9 Å². The molecule has 6 heterocycles. The van der Waals surface area contributed by atoms with E-state index in [1.54, 1.807) is 31.5 Å². The van der Waals surface area contributed by atoms with Gasteiger partial charge in [-0.05, 0) is 111 Å². The number of nitrogens with one attached hydrogen (secondary N) is 2. The van der Waals surface area contributed by atoms with Gasteiger partial charge in [0.1, 0.15) is 18.1 Å². The van der Waals surface area contributed by atoms with Crippen LogP contribution in [0.15, 0.2) is 55.0 Å². The number of likely N-dealkylation sites (tertiary alicyclic amines) is 1. The molecular weight excluding hydrogens is 991 g/mol. The third-order valence-electron chi connectivity index (χ3n) is 13.2. The predicted octanol–water partition coefficient (Wildman–Crippen LogP) is 4.93. The number of hydrogen-bond donors (Lipinski definition) is 2. The number of cyclic esters (lactones) is 1. The van der Waals surface area contributed by atoms with E-state index in [0.717, 1.165) is 44.4 Å². The lowest BCUT2D eigenvalue weighted by atomic mass is 9.84. The number of nitrogens with zero attached hydrogens (tertiary/aromatic N) is 7. The molecule has 0 spiro atoms. The maximum absolute atomic E-state index is 14.7. The number of aromatic nitrogens is 3. The lowest BCUT2D eigenvalue weighted by molar-refractivity contribution is -0.155. The normalized spacial score (nSPS) is 19.0.